The number of para-hydroxylation sites is 1. The van der Waals surface area contributed by atoms with Gasteiger partial charge in [0.15, 0.2) is 0 Å². The number of hydrogen-bond donors (Lipinski definition) is 1. The van der Waals surface area contributed by atoms with Crippen LogP contribution >= 0.6 is 0 Å². The topological polar surface area (TPSA) is 63.4 Å². The predicted octanol–water partition coefficient (Wildman–Crippen LogP) is 2.32. The van der Waals surface area contributed by atoms with Crippen LogP contribution in [-0.4, -0.2) is 42.5 Å². The average Bonchev–Trinajstić information content (AvgIpc) is 3.03. The third-order valence-electron chi connectivity index (χ3n) is 3.63. The van der Waals surface area contributed by atoms with Crippen LogP contribution in [-0.2, 0) is 0 Å². The number of nitrogens with one attached hydrogen (secondary N) is 1. The van der Waals surface area contributed by atoms with E-state index in [4.69, 9.17) is 9.15 Å². The Hall–Kier alpha value is -2.08. The summed E-state index contributed by atoms with van der Waals surface area (Å²) >= 11 is 0. The maximum atomic E-state index is 5.87. The van der Waals surface area contributed by atoms with Crippen molar-refractivity contribution < 1.29 is 9.15 Å². The summed E-state index contributed by atoms with van der Waals surface area (Å²) in [5, 5.41) is 11.8. The van der Waals surface area contributed by atoms with Crippen LogP contribution in [0.2, 0.25) is 0 Å². The number of ether oxygens (including phenoxy) is 1. The van der Waals surface area contributed by atoms with Gasteiger partial charge in [-0.25, -0.2) is 0 Å². The Bertz CT molecular complexity index is 614. The Morgan fingerprint density at radius 3 is 3.05 bits per heavy atom. The van der Waals surface area contributed by atoms with Crippen molar-refractivity contribution >= 4 is 6.01 Å². The van der Waals surface area contributed by atoms with E-state index >= 15 is 0 Å². The number of hydrogen-bond acceptors (Lipinski definition) is 6. The molecule has 1 aromatic carbocycles. The van der Waals surface area contributed by atoms with E-state index in [1.165, 1.54) is 0 Å². The fraction of sp³-hybridized carbons (Fsp3) is 0.500. The molecule has 0 spiro atoms. The van der Waals surface area contributed by atoms with Crippen LogP contribution in [0.3, 0.4) is 0 Å². The van der Waals surface area contributed by atoms with Crippen LogP contribution in [0.5, 0.6) is 5.75 Å². The Kier molecular flexibility index (Phi) is 4.58. The zero-order valence-electron chi connectivity index (χ0n) is 13.1. The molecule has 3 rings (SSSR count). The third kappa shape index (κ3) is 3.22. The highest BCUT2D eigenvalue weighted by Gasteiger charge is 2.22. The Morgan fingerprint density at radius 1 is 1.36 bits per heavy atom. The quantitative estimate of drug-likeness (QED) is 0.914. The summed E-state index contributed by atoms with van der Waals surface area (Å²) in [6, 6.07) is 8.77. The van der Waals surface area contributed by atoms with Gasteiger partial charge in [0.25, 0.3) is 5.89 Å². The second-order valence-corrected chi connectivity index (χ2v) is 5.54. The van der Waals surface area contributed by atoms with E-state index in [2.05, 4.69) is 34.3 Å². The molecule has 1 aliphatic heterocycles. The van der Waals surface area contributed by atoms with Crippen molar-refractivity contribution in [2.24, 2.45) is 0 Å². The zero-order valence-corrected chi connectivity index (χ0v) is 13.1. The maximum absolute atomic E-state index is 5.87. The van der Waals surface area contributed by atoms with E-state index in [9.17, 15) is 0 Å². The Morgan fingerprint density at radius 2 is 2.23 bits per heavy atom. The smallest absolute Gasteiger partial charge is 0.318 e. The first-order chi connectivity index (χ1) is 10.8. The predicted molar refractivity (Wildman–Crippen MR) is 85.2 cm³/mol. The van der Waals surface area contributed by atoms with Crippen LogP contribution in [0.15, 0.2) is 28.7 Å². The minimum atomic E-state index is 0.421. The molecule has 22 heavy (non-hydrogen) atoms. The molecule has 6 heteroatoms. The van der Waals surface area contributed by atoms with E-state index in [1.807, 2.05) is 24.3 Å². The zero-order chi connectivity index (χ0) is 15.4. The summed E-state index contributed by atoms with van der Waals surface area (Å²) in [7, 11) is 0. The second-order valence-electron chi connectivity index (χ2n) is 5.54. The summed E-state index contributed by atoms with van der Waals surface area (Å²) in [6.07, 6.45) is 0.960. The minimum absolute atomic E-state index is 0.421. The van der Waals surface area contributed by atoms with Crippen molar-refractivity contribution in [1.82, 2.24) is 15.5 Å². The molecule has 1 aliphatic rings. The molecule has 1 saturated heterocycles. The summed E-state index contributed by atoms with van der Waals surface area (Å²) in [4.78, 5) is 2.12. The molecule has 0 aliphatic carbocycles. The minimum Gasteiger partial charge on any atom is -0.493 e. The van der Waals surface area contributed by atoms with E-state index in [0.717, 1.165) is 37.4 Å². The molecule has 2 heterocycles. The van der Waals surface area contributed by atoms with Gasteiger partial charge in [0.05, 0.1) is 12.2 Å². The van der Waals surface area contributed by atoms with Gasteiger partial charge in [0.2, 0.25) is 0 Å². The number of rotatable bonds is 5. The molecule has 2 aromatic rings. The SMILES string of the molecule is CCCOc1ccccc1-c1nnc(N2CCN[C@H](C)C2)o1. The lowest BCUT2D eigenvalue weighted by Gasteiger charge is -2.30. The lowest BCUT2D eigenvalue weighted by atomic mass is 10.2. The van der Waals surface area contributed by atoms with Crippen LogP contribution < -0.4 is 15.0 Å². The van der Waals surface area contributed by atoms with Crippen LogP contribution in [0.1, 0.15) is 20.3 Å². The van der Waals surface area contributed by atoms with Crippen molar-refractivity contribution in [3.8, 4) is 17.2 Å². The van der Waals surface area contributed by atoms with Gasteiger partial charge in [-0.1, -0.05) is 24.2 Å². The molecule has 1 N–H and O–H groups in total. The largest absolute Gasteiger partial charge is 0.493 e. The molecule has 1 atom stereocenters. The van der Waals surface area contributed by atoms with Gasteiger partial charge in [-0.3, -0.25) is 0 Å². The lowest BCUT2D eigenvalue weighted by Crippen LogP contribution is -2.49. The van der Waals surface area contributed by atoms with Gasteiger partial charge in [-0.15, -0.1) is 5.10 Å². The number of benzene rings is 1. The van der Waals surface area contributed by atoms with Crippen molar-refractivity contribution in [2.45, 2.75) is 26.3 Å². The van der Waals surface area contributed by atoms with E-state index in [1.54, 1.807) is 0 Å². The van der Waals surface area contributed by atoms with Crippen LogP contribution in [0.25, 0.3) is 11.5 Å². The van der Waals surface area contributed by atoms with Crippen LogP contribution in [0, 0.1) is 0 Å². The van der Waals surface area contributed by atoms with E-state index in [0.29, 0.717) is 24.6 Å². The van der Waals surface area contributed by atoms with Crippen LogP contribution in [0.4, 0.5) is 6.01 Å². The molecule has 6 nitrogen and oxygen atoms in total. The van der Waals surface area contributed by atoms with Crippen molar-refractivity contribution in [1.29, 1.82) is 0 Å². The van der Waals surface area contributed by atoms with Gasteiger partial charge in [-0.2, -0.15) is 0 Å². The molecule has 0 saturated carbocycles. The molecule has 0 bridgehead atoms. The van der Waals surface area contributed by atoms with Crippen molar-refractivity contribution in [2.75, 3.05) is 31.1 Å². The standard InChI is InChI=1S/C16H22N4O2/c1-3-10-21-14-7-5-4-6-13(14)15-18-19-16(22-15)20-9-8-17-12(2)11-20/h4-7,12,17H,3,8-11H2,1-2H3/t12-/m1/s1. The Balaban J connectivity index is 1.81. The van der Waals surface area contributed by atoms with Gasteiger partial charge in [0.1, 0.15) is 5.75 Å². The van der Waals surface area contributed by atoms with Gasteiger partial charge in [0, 0.05) is 25.7 Å². The van der Waals surface area contributed by atoms with Crippen molar-refractivity contribution in [3.05, 3.63) is 24.3 Å². The number of nitrogens with zero attached hydrogens (tertiary/aromatic N) is 3. The fourth-order valence-corrected chi connectivity index (χ4v) is 2.54. The van der Waals surface area contributed by atoms with Gasteiger partial charge >= 0.3 is 6.01 Å². The van der Waals surface area contributed by atoms with Crippen molar-refractivity contribution in [3.63, 3.8) is 0 Å². The van der Waals surface area contributed by atoms with E-state index < -0.39 is 0 Å². The summed E-state index contributed by atoms with van der Waals surface area (Å²) in [5.41, 5.74) is 0.845. The molecule has 118 valence electrons. The molecular weight excluding hydrogens is 280 g/mol. The van der Waals surface area contributed by atoms with E-state index in [-0.39, 0.29) is 0 Å². The fourth-order valence-electron chi connectivity index (χ4n) is 2.54. The number of anilines is 1. The lowest BCUT2D eigenvalue weighted by molar-refractivity contribution is 0.318. The number of aromatic nitrogens is 2. The molecule has 1 fully saturated rings. The first-order valence-electron chi connectivity index (χ1n) is 7.82. The Labute approximate surface area is 130 Å². The normalized spacial score (nSPS) is 18.5. The molecule has 0 unspecified atom stereocenters. The van der Waals surface area contributed by atoms with Gasteiger partial charge in [-0.05, 0) is 25.5 Å². The third-order valence-corrected chi connectivity index (χ3v) is 3.63. The molecule has 0 radical (unpaired) electrons. The summed E-state index contributed by atoms with van der Waals surface area (Å²) in [6.45, 7) is 7.58. The summed E-state index contributed by atoms with van der Waals surface area (Å²) in [5.74, 6) is 1.29. The first-order valence-corrected chi connectivity index (χ1v) is 7.82. The maximum Gasteiger partial charge on any atom is 0.318 e. The monoisotopic (exact) mass is 302 g/mol. The molecule has 0 amide bonds. The first kappa shape index (κ1) is 14.8. The van der Waals surface area contributed by atoms with Gasteiger partial charge < -0.3 is 19.4 Å². The highest BCUT2D eigenvalue weighted by molar-refractivity contribution is 5.62. The summed E-state index contributed by atoms with van der Waals surface area (Å²) < 4.78 is 11.6. The highest BCUT2D eigenvalue weighted by atomic mass is 16.5. The average molecular weight is 302 g/mol. The molecule has 1 aromatic heterocycles. The number of piperazine rings is 1. The highest BCUT2D eigenvalue weighted by Crippen LogP contribution is 2.30. The second kappa shape index (κ2) is 6.79. The molecular formula is C16H22N4O2.